The van der Waals surface area contributed by atoms with Crippen molar-refractivity contribution in [3.63, 3.8) is 0 Å². The van der Waals surface area contributed by atoms with E-state index < -0.39 is 71.3 Å². The van der Waals surface area contributed by atoms with Crippen LogP contribution in [0.3, 0.4) is 0 Å². The summed E-state index contributed by atoms with van der Waals surface area (Å²) in [5, 5.41) is 58.5. The molecule has 0 amide bonds. The molecule has 0 radical (unpaired) electrons. The Kier molecular flexibility index (Phi) is 46.6. The van der Waals surface area contributed by atoms with Gasteiger partial charge in [-0.1, -0.05) is 94.4 Å². The van der Waals surface area contributed by atoms with E-state index in [9.17, 15) is 59.4 Å². The number of aliphatic hydroxyl groups excluding tert-OH is 6. The van der Waals surface area contributed by atoms with Crippen molar-refractivity contribution in [2.45, 2.75) is 397 Å². The summed E-state index contributed by atoms with van der Waals surface area (Å²) < 4.78 is 126. The molecular weight excluding hydrogens is 1600 g/mol. The van der Waals surface area contributed by atoms with Gasteiger partial charge in [0.2, 0.25) is 0 Å². The van der Waals surface area contributed by atoms with Gasteiger partial charge in [0.25, 0.3) is 0 Å². The van der Waals surface area contributed by atoms with Crippen LogP contribution in [-0.4, -0.2) is 323 Å². The first kappa shape index (κ1) is 107. The largest absolute Gasteiger partial charge is 0.466 e. The quantitative estimate of drug-likeness (QED) is 0.0206. The first-order valence-corrected chi connectivity index (χ1v) is 44.8. The predicted molar refractivity (Wildman–Crippen MR) is 435 cm³/mol. The second-order valence-corrected chi connectivity index (χ2v) is 35.1. The Balaban J connectivity index is 0.000000222. The topological polar surface area (TPSA) is 436 Å². The number of rotatable bonds is 34. The van der Waals surface area contributed by atoms with Crippen LogP contribution in [0.4, 0.5) is 0 Å². The van der Waals surface area contributed by atoms with Crippen molar-refractivity contribution in [1.29, 1.82) is 0 Å². The molecule has 12 saturated heterocycles. The van der Waals surface area contributed by atoms with Gasteiger partial charge in [0.1, 0.15) is 116 Å². The standard InChI is InChI=1S/4C14H24O6.2C11H20O4.C9H16O3/c4*1-3-4-7-17-12(16)5-6-14(2)19-9-11-13(20-14)10(15)8-18-11;2*1-7(2)4-11(3)14-6-9-10(15-11)8(12)5-13-9;1-3-4-7-12-9(11)6-5-8(2)10/h4*10-11,13,15H,3-9H2,1-2H3;2*7-10,12H,4-6H2,1-3H3;3-7H2,1-2H3/t2*10-,11+,13+,14+;2*10-,11+,13+,14-;2*8-,9+,10+,11?;/m101010./s1. The molecule has 35 nitrogen and oxygen atoms in total. The van der Waals surface area contributed by atoms with Gasteiger partial charge in [0.05, 0.1) is 144 Å². The Labute approximate surface area is 721 Å². The molecule has 0 bridgehead atoms. The molecule has 12 aliphatic rings. The third kappa shape index (κ3) is 36.9. The predicted octanol–water partition coefficient (Wildman–Crippen LogP) is 7.55. The average Bonchev–Trinajstić information content (AvgIpc) is 1.63. The highest BCUT2D eigenvalue weighted by atomic mass is 16.8. The third-order valence-corrected chi connectivity index (χ3v) is 22.2. The molecule has 0 spiro atoms. The van der Waals surface area contributed by atoms with Crippen LogP contribution >= 0.6 is 0 Å². The minimum absolute atomic E-state index is 0.0300. The molecule has 12 heterocycles. The molecule has 6 N–H and O–H groups in total. The SMILES string of the molecule is CC(C)CC1(C)OC[C@@H]2OC[C@@H](O)[C@@H]2O1.CC(C)CC1(C)OC[C@H]2OC[C@H](O)[C@H]2O1.CCCCOC(=O)CCC(C)=O.CCCCOC(=O)CC[C@@]1(C)OC[C@@H]2OC[C@@H](O)[C@@H]2O1.CCCCOC(=O)CC[C@@]1(C)OC[C@H]2OC[C@H](O)[C@H]2O1.CCCCOC(=O)CC[C@]1(C)OC[C@@H]2OC[C@@H](O)[C@@H]2O1.CCCCOC(=O)CC[C@]1(C)OC[C@H]2OC[C@H](O)[C@H]2O1. The van der Waals surface area contributed by atoms with E-state index in [1.54, 1.807) is 27.7 Å². The molecule has 12 fully saturated rings. The van der Waals surface area contributed by atoms with Crippen LogP contribution in [0.15, 0.2) is 0 Å². The fourth-order valence-electron chi connectivity index (χ4n) is 15.1. The van der Waals surface area contributed by atoms with E-state index in [0.29, 0.717) is 130 Å². The van der Waals surface area contributed by atoms with Gasteiger partial charge in [-0.05, 0) is 92.4 Å². The first-order valence-electron chi connectivity index (χ1n) is 44.8. The number of ether oxygens (including phenoxy) is 23. The van der Waals surface area contributed by atoms with Crippen LogP contribution in [-0.2, 0) is 138 Å². The van der Waals surface area contributed by atoms with E-state index in [4.69, 9.17) is 109 Å². The van der Waals surface area contributed by atoms with Gasteiger partial charge in [0, 0.05) is 44.9 Å². The maximum Gasteiger partial charge on any atom is 0.306 e. The summed E-state index contributed by atoms with van der Waals surface area (Å²) in [4.78, 5) is 67.7. The molecule has 24 atom stereocenters. The Hall–Kier alpha value is -3.94. The van der Waals surface area contributed by atoms with Crippen LogP contribution in [0, 0.1) is 11.8 Å². The zero-order valence-corrected chi connectivity index (χ0v) is 75.6. The molecule has 122 heavy (non-hydrogen) atoms. The van der Waals surface area contributed by atoms with Crippen molar-refractivity contribution in [2.24, 2.45) is 11.8 Å². The van der Waals surface area contributed by atoms with Crippen molar-refractivity contribution in [3.8, 4) is 0 Å². The number of Topliss-reactive ketones (excluding diaryl/α,β-unsaturated/α-hetero) is 1. The normalized spacial score (nSPS) is 36.2. The molecule has 2 unspecified atom stereocenters. The highest BCUT2D eigenvalue weighted by Crippen LogP contribution is 2.40. The lowest BCUT2D eigenvalue weighted by atomic mass is 10.0. The number of aliphatic hydroxyl groups is 6. The summed E-state index contributed by atoms with van der Waals surface area (Å²) in [5.74, 6) is -4.76. The number of hydrogen-bond donors (Lipinski definition) is 6. The van der Waals surface area contributed by atoms with Gasteiger partial charge in [-0.2, -0.15) is 0 Å². The Morgan fingerprint density at radius 3 is 0.648 bits per heavy atom. The minimum Gasteiger partial charge on any atom is -0.466 e. The van der Waals surface area contributed by atoms with Gasteiger partial charge >= 0.3 is 29.8 Å². The average molecular weight is 1760 g/mol. The lowest BCUT2D eigenvalue weighted by molar-refractivity contribution is -0.314. The number of hydrogen-bond acceptors (Lipinski definition) is 35. The third-order valence-electron chi connectivity index (χ3n) is 22.2. The van der Waals surface area contributed by atoms with Crippen LogP contribution in [0.25, 0.3) is 0 Å². The van der Waals surface area contributed by atoms with Crippen LogP contribution in [0.2, 0.25) is 0 Å². The maximum atomic E-state index is 11.6. The molecule has 12 aliphatic heterocycles. The number of carbonyl (C=O) groups excluding carboxylic acids is 6. The van der Waals surface area contributed by atoms with Gasteiger partial charge in [-0.25, -0.2) is 0 Å². The summed E-state index contributed by atoms with van der Waals surface area (Å²) in [6, 6.07) is 0. The van der Waals surface area contributed by atoms with Gasteiger partial charge in [-0.3, -0.25) is 24.0 Å². The molecule has 0 aromatic carbocycles. The minimum atomic E-state index is -0.861. The van der Waals surface area contributed by atoms with Crippen LogP contribution in [0.1, 0.15) is 252 Å². The molecular formula is C87H152O35. The molecule has 0 aliphatic carbocycles. The number of esters is 5. The van der Waals surface area contributed by atoms with Crippen molar-refractivity contribution < 1.29 is 168 Å². The van der Waals surface area contributed by atoms with Crippen LogP contribution in [0.5, 0.6) is 0 Å². The molecule has 0 aromatic rings. The summed E-state index contributed by atoms with van der Waals surface area (Å²) in [5.41, 5.74) is 0. The molecule has 12 rings (SSSR count). The zero-order valence-electron chi connectivity index (χ0n) is 75.6. The number of carbonyl (C=O) groups is 6. The second kappa shape index (κ2) is 53.3. The molecule has 710 valence electrons. The second-order valence-electron chi connectivity index (χ2n) is 35.1. The molecule has 0 aromatic heterocycles. The van der Waals surface area contributed by atoms with E-state index in [1.807, 2.05) is 48.5 Å². The molecule has 35 heteroatoms. The summed E-state index contributed by atoms with van der Waals surface area (Å²) >= 11 is 0. The number of ketones is 1. The lowest BCUT2D eigenvalue weighted by Crippen LogP contribution is -2.51. The summed E-state index contributed by atoms with van der Waals surface area (Å²) in [7, 11) is 0. The first-order chi connectivity index (χ1) is 57.8. The zero-order chi connectivity index (χ0) is 89.9. The van der Waals surface area contributed by atoms with Crippen molar-refractivity contribution >= 4 is 35.6 Å². The lowest BCUT2D eigenvalue weighted by Gasteiger charge is -2.41. The highest BCUT2D eigenvalue weighted by molar-refractivity contribution is 5.81. The van der Waals surface area contributed by atoms with E-state index in [-0.39, 0.29) is 167 Å². The smallest absolute Gasteiger partial charge is 0.306 e. The fraction of sp³-hybridized carbons (Fsp3) is 0.931. The molecule has 0 saturated carbocycles. The number of fused-ring (bicyclic) bond motifs is 6. The van der Waals surface area contributed by atoms with Crippen molar-refractivity contribution in [3.05, 3.63) is 0 Å². The Morgan fingerprint density at radius 2 is 0.467 bits per heavy atom. The fourth-order valence-corrected chi connectivity index (χ4v) is 15.1. The van der Waals surface area contributed by atoms with E-state index >= 15 is 0 Å². The number of unbranched alkanes of at least 4 members (excludes halogenated alkanes) is 5. The van der Waals surface area contributed by atoms with E-state index in [1.165, 1.54) is 6.92 Å². The van der Waals surface area contributed by atoms with Gasteiger partial charge in [0.15, 0.2) is 34.7 Å². The Morgan fingerprint density at radius 1 is 0.287 bits per heavy atom. The van der Waals surface area contributed by atoms with Gasteiger partial charge in [-0.15, -0.1) is 0 Å². The van der Waals surface area contributed by atoms with Crippen LogP contribution < -0.4 is 0 Å². The van der Waals surface area contributed by atoms with E-state index in [2.05, 4.69) is 27.7 Å². The summed E-state index contributed by atoms with van der Waals surface area (Å²) in [6.07, 6.45) is 7.74. The van der Waals surface area contributed by atoms with E-state index in [0.717, 1.165) is 77.0 Å². The highest BCUT2D eigenvalue weighted by Gasteiger charge is 2.53. The van der Waals surface area contributed by atoms with Gasteiger partial charge < -0.3 is 144 Å². The summed E-state index contributed by atoms with van der Waals surface area (Å²) in [6.45, 7) is 37.9. The Bertz CT molecular complexity index is 2720. The van der Waals surface area contributed by atoms with Crippen molar-refractivity contribution in [2.75, 3.05) is 112 Å². The monoisotopic (exact) mass is 1760 g/mol. The van der Waals surface area contributed by atoms with Crippen molar-refractivity contribution in [1.82, 2.24) is 0 Å². The maximum absolute atomic E-state index is 11.6.